The summed E-state index contributed by atoms with van der Waals surface area (Å²) in [5, 5.41) is 0. The van der Waals surface area contributed by atoms with E-state index in [0.29, 0.717) is 0 Å². The van der Waals surface area contributed by atoms with Gasteiger partial charge in [-0.3, -0.25) is 0 Å². The number of hydrogen-bond donors (Lipinski definition) is 1. The Labute approximate surface area is 83.5 Å². The SMILES string of the molecule is Cl.Cl.Cl.Cl.Cl.N.O.P. The smallest absolute Gasteiger partial charge is 0.147 e. The third-order valence-corrected chi connectivity index (χ3v) is 0. The average Bonchev–Trinajstić information content (AvgIpc) is 0. The van der Waals surface area contributed by atoms with Crippen LogP contribution < -0.4 is 6.15 Å². The Balaban J connectivity index is 0. The Hall–Kier alpha value is 1.80. The molecule has 8 heteroatoms. The monoisotopic (exact) mass is 249 g/mol. The number of halogens is 5. The Bertz CT molecular complexity index is 12.4. The normalized spacial score (nSPS) is 0. The van der Waals surface area contributed by atoms with E-state index in [0.717, 1.165) is 0 Å². The molecular formula is H13Cl5NOP. The summed E-state index contributed by atoms with van der Waals surface area (Å²) in [4.78, 5) is 0. The van der Waals surface area contributed by atoms with Gasteiger partial charge in [-0.2, -0.15) is 9.90 Å². The quantitative estimate of drug-likeness (QED) is 0.651. The molecule has 0 rings (SSSR count). The zero-order valence-corrected chi connectivity index (χ0v) is 9.45. The Kier molecular flexibility index (Phi) is 4840. The van der Waals surface area contributed by atoms with Gasteiger partial charge in [-0.1, -0.05) is 0 Å². The standard InChI is InChI=1S/5ClH.H3N.H2O.H3P/h5*1H;1H3;1H2;1H3. The molecule has 0 radical (unpaired) electrons. The fraction of sp³-hybridized carbons (Fsp3) is 0. The van der Waals surface area contributed by atoms with Gasteiger partial charge in [0.25, 0.3) is 0 Å². The van der Waals surface area contributed by atoms with Gasteiger partial charge in [-0.05, 0) is 0 Å². The minimum atomic E-state index is 0. The van der Waals surface area contributed by atoms with Crippen LogP contribution in [-0.4, -0.2) is 5.48 Å². The maximum Gasteiger partial charge on any atom is -0.147 e. The van der Waals surface area contributed by atoms with Crippen LogP contribution in [0, 0.1) is 0 Å². The first-order valence-corrected chi connectivity index (χ1v) is 0. The van der Waals surface area contributed by atoms with Gasteiger partial charge >= 0.3 is 0 Å². The predicted octanol–water partition coefficient (Wildman–Crippen LogP) is 1.50. The molecule has 0 saturated carbocycles. The molecule has 1 atom stereocenters. The van der Waals surface area contributed by atoms with E-state index < -0.39 is 0 Å². The van der Waals surface area contributed by atoms with Crippen molar-refractivity contribution in [3.05, 3.63) is 0 Å². The lowest BCUT2D eigenvalue weighted by Gasteiger charge is -0.412. The summed E-state index contributed by atoms with van der Waals surface area (Å²) in [7, 11) is 0. The highest BCUT2D eigenvalue weighted by Gasteiger charge is -0.142. The van der Waals surface area contributed by atoms with Gasteiger partial charge < -0.3 is 11.6 Å². The van der Waals surface area contributed by atoms with Gasteiger partial charge in [0, 0.05) is 0 Å². The van der Waals surface area contributed by atoms with Crippen LogP contribution >= 0.6 is 71.9 Å². The maximum atomic E-state index is 0. The highest BCUT2D eigenvalue weighted by molar-refractivity contribution is 6.92. The summed E-state index contributed by atoms with van der Waals surface area (Å²) in [6, 6.07) is 0. The molecule has 0 saturated heterocycles. The van der Waals surface area contributed by atoms with E-state index >= 15 is 0 Å². The van der Waals surface area contributed by atoms with Crippen molar-refractivity contribution in [3.63, 3.8) is 0 Å². The Morgan fingerprint density at radius 2 is 0.500 bits per heavy atom. The summed E-state index contributed by atoms with van der Waals surface area (Å²) in [5.74, 6) is 0. The third kappa shape index (κ3) is 111. The molecule has 1 unspecified atom stereocenters. The molecule has 5 N–H and O–H groups in total. The number of hydrogen-bond acceptors (Lipinski definition) is 1. The molecule has 0 aliphatic carbocycles. The summed E-state index contributed by atoms with van der Waals surface area (Å²) in [6.07, 6.45) is 0. The molecule has 0 aromatic carbocycles. The fourth-order valence-corrected chi connectivity index (χ4v) is 0. The van der Waals surface area contributed by atoms with Crippen LogP contribution in [0.15, 0.2) is 0 Å². The molecule has 0 fully saturated rings. The Morgan fingerprint density at radius 3 is 0.500 bits per heavy atom. The number of rotatable bonds is 0. The second-order valence-corrected chi connectivity index (χ2v) is 0. The van der Waals surface area contributed by atoms with E-state index in [1.807, 2.05) is 0 Å². The topological polar surface area (TPSA) is 66.5 Å². The lowest BCUT2D eigenvalue weighted by molar-refractivity contribution is 0.824. The molecular weight excluding hydrogens is 238 g/mol. The zero-order chi connectivity index (χ0) is 0. The first kappa shape index (κ1) is 234. The highest BCUT2D eigenvalue weighted by Crippen LogP contribution is 0.861. The van der Waals surface area contributed by atoms with Gasteiger partial charge in [-0.15, -0.1) is 62.0 Å². The van der Waals surface area contributed by atoms with Crippen LogP contribution in [-0.2, 0) is 0 Å². The van der Waals surface area contributed by atoms with Crippen LogP contribution in [0.4, 0.5) is 0 Å². The molecule has 0 bridgehead atoms. The van der Waals surface area contributed by atoms with E-state index in [1.165, 1.54) is 0 Å². The molecule has 0 aliphatic rings. The molecule has 2 nitrogen and oxygen atoms in total. The average molecular weight is 251 g/mol. The van der Waals surface area contributed by atoms with Crippen molar-refractivity contribution in [1.82, 2.24) is 6.15 Å². The van der Waals surface area contributed by atoms with Gasteiger partial charge in [0.15, 0.2) is 0 Å². The van der Waals surface area contributed by atoms with Crippen LogP contribution in [0.25, 0.3) is 0 Å². The van der Waals surface area contributed by atoms with Crippen molar-refractivity contribution in [2.75, 3.05) is 0 Å². The zero-order valence-electron chi connectivity index (χ0n) is 3.96. The van der Waals surface area contributed by atoms with Crippen molar-refractivity contribution in [2.45, 2.75) is 0 Å². The van der Waals surface area contributed by atoms with Crippen molar-refractivity contribution < 1.29 is 5.48 Å². The van der Waals surface area contributed by atoms with E-state index in [-0.39, 0.29) is 83.6 Å². The summed E-state index contributed by atoms with van der Waals surface area (Å²) in [5.41, 5.74) is 0. The summed E-state index contributed by atoms with van der Waals surface area (Å²) < 4.78 is 0. The van der Waals surface area contributed by atoms with Gasteiger partial charge in [0.1, 0.15) is 0 Å². The minimum absolute atomic E-state index is 0. The second-order valence-electron chi connectivity index (χ2n) is 0. The van der Waals surface area contributed by atoms with Crippen LogP contribution in [0.5, 0.6) is 0 Å². The summed E-state index contributed by atoms with van der Waals surface area (Å²) in [6.45, 7) is 0. The van der Waals surface area contributed by atoms with Gasteiger partial charge in [0.05, 0.1) is 0 Å². The first-order valence-electron chi connectivity index (χ1n) is 0. The molecule has 0 aromatic rings. The predicted molar refractivity (Wildman–Crippen MR) is 56.0 cm³/mol. The minimum Gasteiger partial charge on any atom is -0.412 e. The largest absolute Gasteiger partial charge is 0.412 e. The lowest BCUT2D eigenvalue weighted by Crippen LogP contribution is -0.481. The van der Waals surface area contributed by atoms with Crippen molar-refractivity contribution in [2.24, 2.45) is 0 Å². The van der Waals surface area contributed by atoms with Gasteiger partial charge in [0.2, 0.25) is 0 Å². The highest BCUT2D eigenvalue weighted by atomic mass is 35.5. The van der Waals surface area contributed by atoms with Crippen molar-refractivity contribution in [3.8, 4) is 0 Å². The Morgan fingerprint density at radius 1 is 0.500 bits per heavy atom. The van der Waals surface area contributed by atoms with Crippen LogP contribution in [0.1, 0.15) is 0 Å². The van der Waals surface area contributed by atoms with E-state index in [9.17, 15) is 0 Å². The van der Waals surface area contributed by atoms with Crippen LogP contribution in [0.2, 0.25) is 0 Å². The van der Waals surface area contributed by atoms with E-state index in [1.54, 1.807) is 0 Å². The van der Waals surface area contributed by atoms with Crippen molar-refractivity contribution in [1.29, 1.82) is 0 Å². The summed E-state index contributed by atoms with van der Waals surface area (Å²) >= 11 is 0. The molecule has 64 valence electrons. The molecule has 0 spiro atoms. The molecule has 0 aliphatic heterocycles. The van der Waals surface area contributed by atoms with Crippen LogP contribution in [0.3, 0.4) is 0 Å². The fourth-order valence-electron chi connectivity index (χ4n) is 0. The maximum absolute atomic E-state index is 0. The van der Waals surface area contributed by atoms with E-state index in [2.05, 4.69) is 0 Å². The molecule has 0 amide bonds. The molecule has 0 heterocycles. The first-order chi connectivity index (χ1) is 0. The van der Waals surface area contributed by atoms with Gasteiger partial charge in [-0.25, -0.2) is 0 Å². The third-order valence-electron chi connectivity index (χ3n) is 0. The second kappa shape index (κ2) is 165. The lowest BCUT2D eigenvalue weighted by atomic mass is 14.0. The molecule has 0 aromatic heterocycles. The molecule has 8 heavy (non-hydrogen) atoms. The van der Waals surface area contributed by atoms with E-state index in [4.69, 9.17) is 0 Å². The van der Waals surface area contributed by atoms with Crippen molar-refractivity contribution >= 4 is 71.9 Å².